The maximum Gasteiger partial charge on any atom is 0.171 e. The summed E-state index contributed by atoms with van der Waals surface area (Å²) < 4.78 is 17.8. The molecule has 0 spiro atoms. The lowest BCUT2D eigenvalue weighted by Crippen LogP contribution is -2.25. The molecule has 0 aliphatic carbocycles. The summed E-state index contributed by atoms with van der Waals surface area (Å²) in [6, 6.07) is 60.0. The summed E-state index contributed by atoms with van der Waals surface area (Å²) in [5.41, 5.74) is 6.18. The average Bonchev–Trinajstić information content (AvgIpc) is 3.50. The van der Waals surface area contributed by atoms with E-state index < -0.39 is 7.14 Å². The number of rotatable bonds is 5. The normalized spacial score (nSPS) is 11.9. The van der Waals surface area contributed by atoms with Crippen LogP contribution >= 0.6 is 7.14 Å². The van der Waals surface area contributed by atoms with Gasteiger partial charge in [0, 0.05) is 54.1 Å². The molecule has 0 fully saturated rings. The van der Waals surface area contributed by atoms with Crippen molar-refractivity contribution >= 4 is 66.5 Å². The molecule has 0 atom stereocenters. The molecule has 0 aliphatic heterocycles. The first-order valence-electron chi connectivity index (χ1n) is 15.8. The molecule has 9 rings (SSSR count). The van der Waals surface area contributed by atoms with E-state index in [0.717, 1.165) is 65.6 Å². The Morgan fingerprint density at radius 1 is 0.468 bits per heavy atom. The van der Waals surface area contributed by atoms with Crippen LogP contribution in [0.2, 0.25) is 0 Å². The van der Waals surface area contributed by atoms with Gasteiger partial charge in [-0.15, -0.1) is 0 Å². The van der Waals surface area contributed by atoms with Crippen LogP contribution in [0.5, 0.6) is 0 Å². The fourth-order valence-corrected chi connectivity index (χ4v) is 9.81. The Labute approximate surface area is 272 Å². The van der Waals surface area contributed by atoms with Gasteiger partial charge >= 0.3 is 0 Å². The number of para-hydroxylation sites is 2. The molecule has 0 amide bonds. The van der Waals surface area contributed by atoms with Gasteiger partial charge in [0.05, 0.1) is 22.2 Å². The number of fused-ring (bicyclic) bond motifs is 7. The van der Waals surface area contributed by atoms with Crippen molar-refractivity contribution < 1.29 is 4.57 Å². The minimum atomic E-state index is -3.18. The highest BCUT2D eigenvalue weighted by atomic mass is 31.2. The molecule has 222 valence electrons. The van der Waals surface area contributed by atoms with Gasteiger partial charge in [0.1, 0.15) is 0 Å². The lowest BCUT2D eigenvalue weighted by molar-refractivity contribution is 0.592. The summed E-state index contributed by atoms with van der Waals surface area (Å²) in [6.45, 7) is 0. The average molecular weight is 621 g/mol. The summed E-state index contributed by atoms with van der Waals surface area (Å²) in [7, 11) is -3.18. The van der Waals surface area contributed by atoms with Crippen molar-refractivity contribution in [1.29, 1.82) is 0 Å². The van der Waals surface area contributed by atoms with E-state index in [1.165, 1.54) is 10.8 Å². The lowest BCUT2D eigenvalue weighted by Gasteiger charge is -2.21. The zero-order chi connectivity index (χ0) is 31.4. The Bertz CT molecular complexity index is 2600. The number of hydrogen-bond acceptors (Lipinski definition) is 2. The SMILES string of the molecule is O=P(c1ccccc1)(c1ccccc1)c1cccc(-n2c3ccccc3c3ccc4c(-c5ccccc5)nc5ccccc5c4c32)c1. The molecular weight excluding hydrogens is 591 g/mol. The van der Waals surface area contributed by atoms with Crippen molar-refractivity contribution in [2.24, 2.45) is 0 Å². The topological polar surface area (TPSA) is 34.9 Å². The Morgan fingerprint density at radius 2 is 1.04 bits per heavy atom. The molecule has 4 heteroatoms. The molecule has 2 heterocycles. The molecule has 0 saturated heterocycles. The highest BCUT2D eigenvalue weighted by molar-refractivity contribution is 7.85. The first-order valence-corrected chi connectivity index (χ1v) is 17.5. The van der Waals surface area contributed by atoms with Gasteiger partial charge in [-0.25, -0.2) is 4.98 Å². The first kappa shape index (κ1) is 27.5. The van der Waals surface area contributed by atoms with Crippen LogP contribution < -0.4 is 15.9 Å². The van der Waals surface area contributed by atoms with E-state index in [-0.39, 0.29) is 0 Å². The van der Waals surface area contributed by atoms with Gasteiger partial charge in [-0.05, 0) is 24.3 Å². The van der Waals surface area contributed by atoms with Crippen LogP contribution in [0, 0.1) is 0 Å². The van der Waals surface area contributed by atoms with Gasteiger partial charge in [-0.3, -0.25) is 0 Å². The fourth-order valence-electron chi connectivity index (χ4n) is 7.13. The zero-order valence-electron chi connectivity index (χ0n) is 25.5. The van der Waals surface area contributed by atoms with Crippen LogP contribution in [0.15, 0.2) is 176 Å². The van der Waals surface area contributed by atoms with Crippen LogP contribution in [0.4, 0.5) is 0 Å². The third kappa shape index (κ3) is 4.28. The summed E-state index contributed by atoms with van der Waals surface area (Å²) in [5, 5.41) is 8.14. The standard InChI is InChI=1S/C43H29N2OP/c46-47(32-18-6-2-7-19-32,33-20-8-3-9-21-33)34-22-14-17-31(29-34)45-40-26-13-11-23-35(40)36-27-28-38-41(43(36)45)37-24-10-12-25-39(37)44-42(38)30-15-4-1-5-16-30/h1-29H. The third-order valence-electron chi connectivity index (χ3n) is 9.24. The molecule has 47 heavy (non-hydrogen) atoms. The maximum atomic E-state index is 15.4. The smallest absolute Gasteiger partial charge is 0.171 e. The Hall–Kier alpha value is -5.76. The van der Waals surface area contributed by atoms with E-state index >= 15 is 4.57 Å². The van der Waals surface area contributed by atoms with Gasteiger partial charge in [0.2, 0.25) is 0 Å². The second-order valence-corrected chi connectivity index (χ2v) is 14.6. The van der Waals surface area contributed by atoms with Gasteiger partial charge in [-0.2, -0.15) is 0 Å². The van der Waals surface area contributed by atoms with E-state index in [1.807, 2.05) is 78.9 Å². The molecule has 2 aromatic heterocycles. The predicted octanol–water partition coefficient (Wildman–Crippen LogP) is 9.79. The van der Waals surface area contributed by atoms with E-state index in [1.54, 1.807) is 0 Å². The minimum absolute atomic E-state index is 0.801. The van der Waals surface area contributed by atoms with E-state index in [9.17, 15) is 0 Å². The Kier molecular flexibility index (Phi) is 6.41. The quantitative estimate of drug-likeness (QED) is 0.142. The van der Waals surface area contributed by atoms with Crippen molar-refractivity contribution in [2.75, 3.05) is 0 Å². The van der Waals surface area contributed by atoms with Crippen LogP contribution in [0.3, 0.4) is 0 Å². The van der Waals surface area contributed by atoms with Crippen LogP contribution in [0.1, 0.15) is 0 Å². The minimum Gasteiger partial charge on any atom is -0.309 e. The van der Waals surface area contributed by atoms with Crippen molar-refractivity contribution in [1.82, 2.24) is 9.55 Å². The van der Waals surface area contributed by atoms with Crippen molar-refractivity contribution in [2.45, 2.75) is 0 Å². The van der Waals surface area contributed by atoms with Crippen molar-refractivity contribution in [3.63, 3.8) is 0 Å². The molecular formula is C43H29N2OP. The molecule has 0 radical (unpaired) electrons. The number of aromatic nitrogens is 2. The monoisotopic (exact) mass is 620 g/mol. The molecule has 0 bridgehead atoms. The van der Waals surface area contributed by atoms with Gasteiger partial charge in [-0.1, -0.05) is 152 Å². The highest BCUT2D eigenvalue weighted by Crippen LogP contribution is 2.45. The highest BCUT2D eigenvalue weighted by Gasteiger charge is 2.30. The van der Waals surface area contributed by atoms with Crippen LogP contribution in [0.25, 0.3) is 60.4 Å². The van der Waals surface area contributed by atoms with Gasteiger partial charge in [0.25, 0.3) is 0 Å². The number of benzene rings is 7. The van der Waals surface area contributed by atoms with Crippen molar-refractivity contribution in [3.8, 4) is 16.9 Å². The molecule has 0 saturated carbocycles. The molecule has 0 aliphatic rings. The summed E-state index contributed by atoms with van der Waals surface area (Å²) in [5.74, 6) is 0. The van der Waals surface area contributed by atoms with Gasteiger partial charge < -0.3 is 9.13 Å². The molecule has 3 nitrogen and oxygen atoms in total. The van der Waals surface area contributed by atoms with E-state index in [2.05, 4.69) is 102 Å². The second-order valence-electron chi connectivity index (χ2n) is 11.9. The van der Waals surface area contributed by atoms with Gasteiger partial charge in [0.15, 0.2) is 7.14 Å². The zero-order valence-corrected chi connectivity index (χ0v) is 26.4. The third-order valence-corrected chi connectivity index (χ3v) is 12.3. The van der Waals surface area contributed by atoms with Crippen LogP contribution in [-0.4, -0.2) is 9.55 Å². The summed E-state index contributed by atoms with van der Waals surface area (Å²) in [6.07, 6.45) is 0. The maximum absolute atomic E-state index is 15.4. The van der Waals surface area contributed by atoms with E-state index in [4.69, 9.17) is 4.98 Å². The molecule has 7 aromatic carbocycles. The Morgan fingerprint density at radius 3 is 1.77 bits per heavy atom. The molecule has 0 N–H and O–H groups in total. The summed E-state index contributed by atoms with van der Waals surface area (Å²) >= 11 is 0. The molecule has 9 aromatic rings. The lowest BCUT2D eigenvalue weighted by atomic mass is 9.97. The first-order chi connectivity index (χ1) is 23.2. The number of hydrogen-bond donors (Lipinski definition) is 0. The Balaban J connectivity index is 1.41. The summed E-state index contributed by atoms with van der Waals surface area (Å²) in [4.78, 5) is 5.20. The van der Waals surface area contributed by atoms with E-state index in [0.29, 0.717) is 0 Å². The number of pyridine rings is 1. The second kappa shape index (κ2) is 10.9. The number of nitrogens with zero attached hydrogens (tertiary/aromatic N) is 2. The van der Waals surface area contributed by atoms with Crippen LogP contribution in [-0.2, 0) is 4.57 Å². The van der Waals surface area contributed by atoms with Crippen molar-refractivity contribution in [3.05, 3.63) is 176 Å². The molecule has 0 unspecified atom stereocenters. The fraction of sp³-hybridized carbons (Fsp3) is 0. The largest absolute Gasteiger partial charge is 0.309 e. The predicted molar refractivity (Wildman–Crippen MR) is 198 cm³/mol.